The third kappa shape index (κ3) is 3.89. The second-order valence-corrected chi connectivity index (χ2v) is 8.68. The van der Waals surface area contributed by atoms with Crippen LogP contribution in [0.25, 0.3) is 0 Å². The molecule has 0 bridgehead atoms. The van der Waals surface area contributed by atoms with E-state index in [2.05, 4.69) is 6.58 Å². The van der Waals surface area contributed by atoms with Gasteiger partial charge in [-0.25, -0.2) is 8.42 Å². The third-order valence-corrected chi connectivity index (χ3v) is 6.73. The second kappa shape index (κ2) is 8.06. The second-order valence-electron chi connectivity index (χ2n) is 6.71. The first kappa shape index (κ1) is 19.9. The van der Waals surface area contributed by atoms with Gasteiger partial charge in [-0.1, -0.05) is 24.3 Å². The normalized spacial score (nSPS) is 14.6. The van der Waals surface area contributed by atoms with E-state index in [0.717, 1.165) is 18.4 Å². The molecule has 0 radical (unpaired) electrons. The number of amides is 1. The molecule has 1 fully saturated rings. The molecule has 0 atom stereocenters. The third-order valence-electron chi connectivity index (χ3n) is 4.94. The molecule has 6 nitrogen and oxygen atoms in total. The predicted molar refractivity (Wildman–Crippen MR) is 109 cm³/mol. The van der Waals surface area contributed by atoms with Gasteiger partial charge in [-0.05, 0) is 49.2 Å². The molecule has 3 rings (SSSR count). The van der Waals surface area contributed by atoms with Crippen molar-refractivity contribution in [2.24, 2.45) is 0 Å². The summed E-state index contributed by atoms with van der Waals surface area (Å²) in [4.78, 5) is 14.5. The Morgan fingerprint density at radius 1 is 1.07 bits per heavy atom. The number of carbonyl (C=O) groups excluding carboxylic acids is 1. The van der Waals surface area contributed by atoms with Crippen LogP contribution in [0.4, 0.5) is 5.69 Å². The molecule has 0 N–H and O–H groups in total. The van der Waals surface area contributed by atoms with Crippen LogP contribution in [0.15, 0.2) is 65.6 Å². The van der Waals surface area contributed by atoms with E-state index in [-0.39, 0.29) is 10.8 Å². The first-order valence-electron chi connectivity index (χ1n) is 9.02. The number of piperidine rings is 1. The average molecular weight is 401 g/mol. The van der Waals surface area contributed by atoms with Crippen LogP contribution in [-0.4, -0.2) is 46.5 Å². The van der Waals surface area contributed by atoms with Crippen LogP contribution in [0, 0.1) is 0 Å². The zero-order valence-corrected chi connectivity index (χ0v) is 16.9. The van der Waals surface area contributed by atoms with Crippen LogP contribution in [0.1, 0.15) is 23.2 Å². The van der Waals surface area contributed by atoms with Crippen molar-refractivity contribution < 1.29 is 17.9 Å². The highest BCUT2D eigenvalue weighted by Gasteiger charge is 2.25. The molecule has 0 spiro atoms. The van der Waals surface area contributed by atoms with Crippen LogP contribution >= 0.6 is 0 Å². The van der Waals surface area contributed by atoms with Crippen molar-refractivity contribution in [3.05, 3.63) is 66.2 Å². The molecule has 7 heteroatoms. The maximum Gasteiger partial charge on any atom is 0.264 e. The smallest absolute Gasteiger partial charge is 0.264 e. The summed E-state index contributed by atoms with van der Waals surface area (Å²) < 4.78 is 32.4. The molecule has 0 aliphatic carbocycles. The number of likely N-dealkylation sites (tertiary alicyclic amines) is 1. The number of methoxy groups -OCH3 is 1. The Morgan fingerprint density at radius 3 is 2.29 bits per heavy atom. The number of para-hydroxylation sites is 2. The van der Waals surface area contributed by atoms with Crippen molar-refractivity contribution in [1.82, 2.24) is 4.90 Å². The first-order valence-corrected chi connectivity index (χ1v) is 10.5. The van der Waals surface area contributed by atoms with Gasteiger partial charge in [0.15, 0.2) is 0 Å². The number of ether oxygens (including phenoxy) is 1. The highest BCUT2D eigenvalue weighted by Crippen LogP contribution is 2.31. The quantitative estimate of drug-likeness (QED) is 0.722. The number of hydrogen-bond acceptors (Lipinski definition) is 4. The molecule has 0 saturated carbocycles. The molecule has 0 unspecified atom stereocenters. The predicted octanol–water partition coefficient (Wildman–Crippen LogP) is 3.31. The molecule has 2 aromatic rings. The fraction of sp³-hybridized carbons (Fsp3) is 0.286. The van der Waals surface area contributed by atoms with Gasteiger partial charge < -0.3 is 9.64 Å². The highest BCUT2D eigenvalue weighted by atomic mass is 32.2. The van der Waals surface area contributed by atoms with Gasteiger partial charge in [-0.2, -0.15) is 0 Å². The topological polar surface area (TPSA) is 66.9 Å². The lowest BCUT2D eigenvalue weighted by molar-refractivity contribution is 0.0743. The fourth-order valence-electron chi connectivity index (χ4n) is 3.16. The molecular weight excluding hydrogens is 376 g/mol. The summed E-state index contributed by atoms with van der Waals surface area (Å²) >= 11 is 0. The number of hydrogen-bond donors (Lipinski definition) is 0. The van der Waals surface area contributed by atoms with E-state index in [1.807, 2.05) is 0 Å². The van der Waals surface area contributed by atoms with Gasteiger partial charge in [-0.3, -0.25) is 9.10 Å². The zero-order chi connectivity index (χ0) is 20.3. The van der Waals surface area contributed by atoms with E-state index >= 15 is 0 Å². The summed E-state index contributed by atoms with van der Waals surface area (Å²) in [6.45, 7) is 5.25. The van der Waals surface area contributed by atoms with Crippen LogP contribution in [0.5, 0.6) is 5.75 Å². The number of rotatable bonds is 5. The van der Waals surface area contributed by atoms with E-state index < -0.39 is 10.0 Å². The molecular formula is C21H24N2O4S. The van der Waals surface area contributed by atoms with Crippen LogP contribution in [0.3, 0.4) is 0 Å². The van der Waals surface area contributed by atoms with Gasteiger partial charge in [0.2, 0.25) is 0 Å². The summed E-state index contributed by atoms with van der Waals surface area (Å²) in [5.74, 6) is 0.376. The van der Waals surface area contributed by atoms with E-state index in [4.69, 9.17) is 4.74 Å². The molecule has 2 aromatic carbocycles. The van der Waals surface area contributed by atoms with Crippen LogP contribution in [-0.2, 0) is 10.0 Å². The molecule has 1 amide bonds. The maximum absolute atomic E-state index is 13.0. The largest absolute Gasteiger partial charge is 0.495 e. The Labute approximate surface area is 166 Å². The summed E-state index contributed by atoms with van der Waals surface area (Å²) in [6, 6.07) is 13.0. The van der Waals surface area contributed by atoms with Gasteiger partial charge in [0.05, 0.1) is 17.7 Å². The van der Waals surface area contributed by atoms with Crippen molar-refractivity contribution in [3.63, 3.8) is 0 Å². The van der Waals surface area contributed by atoms with Crippen molar-refractivity contribution >= 4 is 21.6 Å². The summed E-state index contributed by atoms with van der Waals surface area (Å²) in [5, 5.41) is 0. The van der Waals surface area contributed by atoms with Crippen LogP contribution in [0.2, 0.25) is 0 Å². The molecule has 1 heterocycles. The zero-order valence-electron chi connectivity index (χ0n) is 16.1. The van der Waals surface area contributed by atoms with Crippen LogP contribution < -0.4 is 9.04 Å². The lowest BCUT2D eigenvalue weighted by Gasteiger charge is -2.28. The molecule has 1 aliphatic rings. The molecule has 148 valence electrons. The Hall–Kier alpha value is -2.80. The molecule has 0 aromatic heterocycles. The van der Waals surface area contributed by atoms with Crippen molar-refractivity contribution in [2.45, 2.75) is 17.7 Å². The van der Waals surface area contributed by atoms with E-state index in [9.17, 15) is 13.2 Å². The van der Waals surface area contributed by atoms with Gasteiger partial charge in [0.25, 0.3) is 15.9 Å². The number of carbonyl (C=O) groups is 1. The Kier molecular flexibility index (Phi) is 5.74. The maximum atomic E-state index is 13.0. The molecule has 1 saturated heterocycles. The minimum Gasteiger partial charge on any atom is -0.495 e. The summed E-state index contributed by atoms with van der Waals surface area (Å²) in [7, 11) is -0.808. The summed E-state index contributed by atoms with van der Waals surface area (Å²) in [6.07, 6.45) is 1.61. The van der Waals surface area contributed by atoms with E-state index in [1.54, 1.807) is 41.3 Å². The van der Waals surface area contributed by atoms with Gasteiger partial charge in [0.1, 0.15) is 5.75 Å². The van der Waals surface area contributed by atoms with Gasteiger partial charge in [-0.15, -0.1) is 0 Å². The Bertz CT molecular complexity index is 974. The van der Waals surface area contributed by atoms with E-state index in [0.29, 0.717) is 30.1 Å². The van der Waals surface area contributed by atoms with Crippen molar-refractivity contribution in [3.8, 4) is 5.75 Å². The highest BCUT2D eigenvalue weighted by molar-refractivity contribution is 7.92. The number of sulfonamides is 1. The van der Waals surface area contributed by atoms with Gasteiger partial charge in [0, 0.05) is 25.7 Å². The monoisotopic (exact) mass is 400 g/mol. The number of anilines is 1. The summed E-state index contributed by atoms with van der Waals surface area (Å²) in [5.41, 5.74) is 2.08. The molecule has 28 heavy (non-hydrogen) atoms. The van der Waals surface area contributed by atoms with Gasteiger partial charge >= 0.3 is 0 Å². The minimum atomic E-state index is -3.78. The first-order chi connectivity index (χ1) is 13.3. The Morgan fingerprint density at radius 2 is 1.68 bits per heavy atom. The number of nitrogens with zero attached hydrogens (tertiary/aromatic N) is 2. The van der Waals surface area contributed by atoms with Crippen molar-refractivity contribution in [2.75, 3.05) is 31.6 Å². The van der Waals surface area contributed by atoms with E-state index in [1.165, 1.54) is 30.6 Å². The average Bonchev–Trinajstić information content (AvgIpc) is 2.73. The molecule has 1 aliphatic heterocycles. The Balaban J connectivity index is 1.82. The standard InChI is InChI=1S/C21H24N2O4S/c1-16-12-14-23(15-13-16)21(24)17-8-10-18(11-9-17)28(25,26)22(2)19-6-4-5-7-20(19)27-3/h4-11H,1,12-15H2,2-3H3. The fourth-order valence-corrected chi connectivity index (χ4v) is 4.36. The number of benzene rings is 2. The lowest BCUT2D eigenvalue weighted by Crippen LogP contribution is -2.36. The van der Waals surface area contributed by atoms with Crippen molar-refractivity contribution in [1.29, 1.82) is 0 Å². The lowest BCUT2D eigenvalue weighted by atomic mass is 10.0. The minimum absolute atomic E-state index is 0.0884. The SMILES string of the molecule is C=C1CCN(C(=O)c2ccc(S(=O)(=O)N(C)c3ccccc3OC)cc2)CC1.